The molecule has 1 fully saturated rings. The normalized spacial score (nSPS) is 18.7. The summed E-state index contributed by atoms with van der Waals surface area (Å²) < 4.78 is 7.28. The highest BCUT2D eigenvalue weighted by Gasteiger charge is 2.24. The average molecular weight is 313 g/mol. The summed E-state index contributed by atoms with van der Waals surface area (Å²) in [5.74, 6) is 2.41. The molecule has 0 aromatic carbocycles. The Labute approximate surface area is 126 Å². The zero-order chi connectivity index (χ0) is 13.9. The first-order chi connectivity index (χ1) is 9.79. The molecule has 2 aromatic heterocycles. The third-order valence-corrected chi connectivity index (χ3v) is 5.24. The zero-order valence-electron chi connectivity index (χ0n) is 11.5. The van der Waals surface area contributed by atoms with Crippen LogP contribution in [0.4, 0.5) is 0 Å². The van der Waals surface area contributed by atoms with E-state index in [1.165, 1.54) is 0 Å². The van der Waals surface area contributed by atoms with Crippen molar-refractivity contribution in [1.82, 2.24) is 19.8 Å². The summed E-state index contributed by atoms with van der Waals surface area (Å²) in [5.41, 5.74) is 6.19. The van der Waals surface area contributed by atoms with Crippen LogP contribution in [0.25, 0.3) is 4.96 Å². The predicted molar refractivity (Wildman–Crippen MR) is 81.4 cm³/mol. The number of thioether (sulfide) groups is 1. The number of rotatable bonds is 5. The first kappa shape index (κ1) is 14.2. The van der Waals surface area contributed by atoms with E-state index < -0.39 is 0 Å². The van der Waals surface area contributed by atoms with Crippen molar-refractivity contribution in [2.24, 2.45) is 5.73 Å². The number of nitrogens with two attached hydrogens (primary N) is 1. The van der Waals surface area contributed by atoms with Gasteiger partial charge in [-0.1, -0.05) is 11.3 Å². The summed E-state index contributed by atoms with van der Waals surface area (Å²) in [6, 6.07) is -0.00307. The Morgan fingerprint density at radius 3 is 3.00 bits per heavy atom. The maximum Gasteiger partial charge on any atom is 0.234 e. The molecule has 1 unspecified atom stereocenters. The predicted octanol–water partition coefficient (Wildman–Crippen LogP) is 1.83. The van der Waals surface area contributed by atoms with E-state index in [-0.39, 0.29) is 6.04 Å². The lowest BCUT2D eigenvalue weighted by molar-refractivity contribution is 0.0831. The molecular formula is C12H19N5OS2. The second-order valence-corrected chi connectivity index (χ2v) is 6.94. The van der Waals surface area contributed by atoms with Crippen molar-refractivity contribution < 1.29 is 4.74 Å². The summed E-state index contributed by atoms with van der Waals surface area (Å²) in [6.07, 6.45) is 5.02. The van der Waals surface area contributed by atoms with Crippen molar-refractivity contribution >= 4 is 28.1 Å². The lowest BCUT2D eigenvalue weighted by atomic mass is 10.00. The van der Waals surface area contributed by atoms with E-state index in [0.29, 0.717) is 5.92 Å². The molecule has 6 nitrogen and oxygen atoms in total. The van der Waals surface area contributed by atoms with E-state index in [0.717, 1.165) is 54.0 Å². The third kappa shape index (κ3) is 2.83. The fraction of sp³-hybridized carbons (Fsp3) is 0.750. The van der Waals surface area contributed by atoms with Crippen molar-refractivity contribution in [3.63, 3.8) is 0 Å². The van der Waals surface area contributed by atoms with Gasteiger partial charge in [-0.2, -0.15) is 21.4 Å². The van der Waals surface area contributed by atoms with Crippen LogP contribution in [0, 0.1) is 0 Å². The molecule has 0 spiro atoms. The maximum atomic E-state index is 6.19. The first-order valence-electron chi connectivity index (χ1n) is 6.84. The van der Waals surface area contributed by atoms with Crippen LogP contribution in [0.1, 0.15) is 42.1 Å². The van der Waals surface area contributed by atoms with Gasteiger partial charge in [0.25, 0.3) is 0 Å². The molecule has 1 saturated heterocycles. The molecule has 1 aliphatic rings. The molecule has 1 aliphatic heterocycles. The van der Waals surface area contributed by atoms with Crippen LogP contribution in [0.5, 0.6) is 0 Å². The van der Waals surface area contributed by atoms with Crippen molar-refractivity contribution in [3.05, 3.63) is 10.8 Å². The highest BCUT2D eigenvalue weighted by atomic mass is 32.2. The van der Waals surface area contributed by atoms with Gasteiger partial charge >= 0.3 is 0 Å². The Kier molecular flexibility index (Phi) is 4.54. The topological polar surface area (TPSA) is 78.3 Å². The molecule has 1 atom stereocenters. The van der Waals surface area contributed by atoms with Gasteiger partial charge in [0, 0.05) is 19.1 Å². The number of hydrogen-bond acceptors (Lipinski definition) is 7. The van der Waals surface area contributed by atoms with E-state index in [2.05, 4.69) is 21.6 Å². The van der Waals surface area contributed by atoms with Crippen LogP contribution in [-0.2, 0) is 4.74 Å². The minimum Gasteiger partial charge on any atom is -0.381 e. The van der Waals surface area contributed by atoms with E-state index in [1.807, 2.05) is 16.3 Å². The van der Waals surface area contributed by atoms with Gasteiger partial charge in [0.15, 0.2) is 5.82 Å². The Balaban J connectivity index is 1.82. The molecule has 3 heterocycles. The standard InChI is InChI=1S/C12H19N5OS2/c1-19-7-4-9(13)11-16-17-10(14-15-12(17)20-11)8-2-5-18-6-3-8/h8-9H,2-7,13H2,1H3. The van der Waals surface area contributed by atoms with Gasteiger partial charge in [-0.05, 0) is 31.3 Å². The molecule has 20 heavy (non-hydrogen) atoms. The molecule has 0 bridgehead atoms. The number of nitrogens with zero attached hydrogens (tertiary/aromatic N) is 4. The van der Waals surface area contributed by atoms with Crippen molar-refractivity contribution in [3.8, 4) is 0 Å². The molecular weight excluding hydrogens is 294 g/mol. The monoisotopic (exact) mass is 313 g/mol. The Morgan fingerprint density at radius 2 is 2.25 bits per heavy atom. The SMILES string of the molecule is CSCCC(N)c1nn2c(C3CCOCC3)nnc2s1. The Hall–Kier alpha value is -0.700. The highest BCUT2D eigenvalue weighted by molar-refractivity contribution is 7.98. The van der Waals surface area contributed by atoms with Crippen LogP contribution >= 0.6 is 23.1 Å². The molecule has 8 heteroatoms. The summed E-state index contributed by atoms with van der Waals surface area (Å²) in [6.45, 7) is 1.59. The summed E-state index contributed by atoms with van der Waals surface area (Å²) in [7, 11) is 0. The molecule has 0 amide bonds. The summed E-state index contributed by atoms with van der Waals surface area (Å²) in [4.78, 5) is 0.848. The maximum absolute atomic E-state index is 6.19. The van der Waals surface area contributed by atoms with Crippen LogP contribution in [-0.4, -0.2) is 45.0 Å². The smallest absolute Gasteiger partial charge is 0.234 e. The van der Waals surface area contributed by atoms with Gasteiger partial charge in [0.05, 0.1) is 6.04 Å². The average Bonchev–Trinajstić information content (AvgIpc) is 3.05. The van der Waals surface area contributed by atoms with Crippen LogP contribution < -0.4 is 5.73 Å². The Bertz CT molecular complexity index is 563. The lowest BCUT2D eigenvalue weighted by Gasteiger charge is -2.19. The summed E-state index contributed by atoms with van der Waals surface area (Å²) in [5, 5.41) is 14.1. The van der Waals surface area contributed by atoms with Gasteiger partial charge in [0.1, 0.15) is 5.01 Å². The van der Waals surface area contributed by atoms with Gasteiger partial charge in [0.2, 0.25) is 4.96 Å². The van der Waals surface area contributed by atoms with Gasteiger partial charge in [-0.15, -0.1) is 10.2 Å². The molecule has 0 saturated carbocycles. The molecule has 2 aromatic rings. The second-order valence-electron chi connectivity index (χ2n) is 4.97. The molecule has 0 aliphatic carbocycles. The Morgan fingerprint density at radius 1 is 1.45 bits per heavy atom. The number of ether oxygens (including phenoxy) is 1. The van der Waals surface area contributed by atoms with Gasteiger partial charge in [-0.25, -0.2) is 0 Å². The minimum atomic E-state index is -0.00307. The molecule has 3 rings (SSSR count). The zero-order valence-corrected chi connectivity index (χ0v) is 13.1. The summed E-state index contributed by atoms with van der Waals surface area (Å²) >= 11 is 3.36. The van der Waals surface area contributed by atoms with E-state index in [4.69, 9.17) is 10.5 Å². The minimum absolute atomic E-state index is 0.00307. The van der Waals surface area contributed by atoms with Crippen molar-refractivity contribution in [1.29, 1.82) is 0 Å². The van der Waals surface area contributed by atoms with Crippen LogP contribution in [0.3, 0.4) is 0 Å². The quantitative estimate of drug-likeness (QED) is 0.907. The number of fused-ring (bicyclic) bond motifs is 1. The lowest BCUT2D eigenvalue weighted by Crippen LogP contribution is -2.17. The second kappa shape index (κ2) is 6.38. The largest absolute Gasteiger partial charge is 0.381 e. The number of aromatic nitrogens is 4. The fourth-order valence-electron chi connectivity index (χ4n) is 2.38. The molecule has 2 N–H and O–H groups in total. The van der Waals surface area contributed by atoms with E-state index in [9.17, 15) is 0 Å². The van der Waals surface area contributed by atoms with Crippen molar-refractivity contribution in [2.75, 3.05) is 25.2 Å². The fourth-order valence-corrected chi connectivity index (χ4v) is 3.75. The van der Waals surface area contributed by atoms with Gasteiger partial charge in [-0.3, -0.25) is 0 Å². The van der Waals surface area contributed by atoms with Crippen LogP contribution in [0.15, 0.2) is 0 Å². The number of hydrogen-bond donors (Lipinski definition) is 1. The van der Waals surface area contributed by atoms with Gasteiger partial charge < -0.3 is 10.5 Å². The molecule has 110 valence electrons. The first-order valence-corrected chi connectivity index (χ1v) is 9.05. The van der Waals surface area contributed by atoms with Crippen molar-refractivity contribution in [2.45, 2.75) is 31.2 Å². The molecule has 0 radical (unpaired) electrons. The van der Waals surface area contributed by atoms with E-state index >= 15 is 0 Å². The highest BCUT2D eigenvalue weighted by Crippen LogP contribution is 2.28. The van der Waals surface area contributed by atoms with E-state index in [1.54, 1.807) is 11.3 Å². The third-order valence-electron chi connectivity index (χ3n) is 3.57. The van der Waals surface area contributed by atoms with Crippen LogP contribution in [0.2, 0.25) is 0 Å².